The third-order valence-electron chi connectivity index (χ3n) is 3.66. The lowest BCUT2D eigenvalue weighted by Gasteiger charge is -2.14. The van der Waals surface area contributed by atoms with Crippen molar-refractivity contribution in [1.29, 1.82) is 0 Å². The van der Waals surface area contributed by atoms with E-state index in [1.54, 1.807) is 11.3 Å². The molecule has 0 amide bonds. The molecule has 2 rings (SSSR count). The zero-order valence-corrected chi connectivity index (χ0v) is 12.5. The zero-order chi connectivity index (χ0) is 13.1. The Kier molecular flexibility index (Phi) is 4.62. The fraction of sp³-hybridized carbons (Fsp3) is 0.786. The van der Waals surface area contributed by atoms with Crippen LogP contribution in [0.1, 0.15) is 56.5 Å². The first-order valence-electron chi connectivity index (χ1n) is 7.01. The zero-order valence-electron chi connectivity index (χ0n) is 11.6. The molecule has 1 aromatic heterocycles. The molecule has 1 saturated heterocycles. The van der Waals surface area contributed by atoms with Crippen LogP contribution < -0.4 is 4.90 Å². The molecule has 1 aromatic rings. The predicted molar refractivity (Wildman–Crippen MR) is 77.4 cm³/mol. The predicted octanol–water partition coefficient (Wildman–Crippen LogP) is 3.39. The van der Waals surface area contributed by atoms with Gasteiger partial charge in [-0.3, -0.25) is 0 Å². The van der Waals surface area contributed by atoms with Crippen LogP contribution >= 0.6 is 11.3 Å². The lowest BCUT2D eigenvalue weighted by atomic mass is 10.0. The molecule has 0 saturated carbocycles. The molecule has 2 heterocycles. The van der Waals surface area contributed by atoms with E-state index >= 15 is 0 Å². The summed E-state index contributed by atoms with van der Waals surface area (Å²) in [5.74, 6) is 1.23. The highest BCUT2D eigenvalue weighted by Crippen LogP contribution is 2.34. The lowest BCUT2D eigenvalue weighted by Crippen LogP contribution is -2.19. The van der Waals surface area contributed by atoms with Crippen LogP contribution in [0.4, 0.5) is 5.13 Å². The minimum atomic E-state index is 0.122. The molecular weight excluding hydrogens is 244 g/mol. The average molecular weight is 268 g/mol. The Morgan fingerprint density at radius 3 is 2.83 bits per heavy atom. The van der Waals surface area contributed by atoms with Gasteiger partial charge in [0.05, 0.1) is 17.2 Å². The Balaban J connectivity index is 2.10. The van der Waals surface area contributed by atoms with Gasteiger partial charge in [0.25, 0.3) is 0 Å². The van der Waals surface area contributed by atoms with Crippen molar-refractivity contribution in [1.82, 2.24) is 4.98 Å². The molecule has 1 fully saturated rings. The van der Waals surface area contributed by atoms with Crippen LogP contribution in [0.3, 0.4) is 0 Å². The van der Waals surface area contributed by atoms with Crippen molar-refractivity contribution in [3.8, 4) is 0 Å². The quantitative estimate of drug-likeness (QED) is 0.889. The van der Waals surface area contributed by atoms with E-state index in [1.807, 2.05) is 0 Å². The van der Waals surface area contributed by atoms with Crippen LogP contribution in [-0.2, 0) is 6.61 Å². The standard InChI is InChI=1S/C14H24N2OS/c1-4-5-11-6-7-16(8-11)14-15-13(10(2)3)12(9-17)18-14/h10-11,17H,4-9H2,1-3H3. The summed E-state index contributed by atoms with van der Waals surface area (Å²) in [7, 11) is 0. The van der Waals surface area contributed by atoms with Crippen molar-refractivity contribution in [3.63, 3.8) is 0 Å². The Morgan fingerprint density at radius 1 is 1.50 bits per heavy atom. The molecule has 3 nitrogen and oxygen atoms in total. The summed E-state index contributed by atoms with van der Waals surface area (Å²) in [6.07, 6.45) is 3.89. The number of nitrogens with zero attached hydrogens (tertiary/aromatic N) is 2. The average Bonchev–Trinajstić information content (AvgIpc) is 2.94. The third-order valence-corrected chi connectivity index (χ3v) is 4.78. The van der Waals surface area contributed by atoms with Crippen molar-refractivity contribution >= 4 is 16.5 Å². The molecule has 1 N–H and O–H groups in total. The van der Waals surface area contributed by atoms with Gasteiger partial charge in [-0.2, -0.15) is 0 Å². The molecule has 18 heavy (non-hydrogen) atoms. The molecule has 1 unspecified atom stereocenters. The summed E-state index contributed by atoms with van der Waals surface area (Å²) < 4.78 is 0. The fourth-order valence-corrected chi connectivity index (χ4v) is 3.81. The Morgan fingerprint density at radius 2 is 2.28 bits per heavy atom. The number of anilines is 1. The molecular formula is C14H24N2OS. The Bertz CT molecular complexity index is 389. The van der Waals surface area contributed by atoms with Gasteiger partial charge in [-0.15, -0.1) is 0 Å². The Hall–Kier alpha value is -0.610. The second-order valence-corrected chi connectivity index (χ2v) is 6.57. The summed E-state index contributed by atoms with van der Waals surface area (Å²) in [5.41, 5.74) is 1.08. The Labute approximate surface area is 114 Å². The maximum Gasteiger partial charge on any atom is 0.185 e. The second kappa shape index (κ2) is 6.02. The summed E-state index contributed by atoms with van der Waals surface area (Å²) in [6.45, 7) is 8.93. The van der Waals surface area contributed by atoms with Gasteiger partial charge in [0.1, 0.15) is 0 Å². The van der Waals surface area contributed by atoms with E-state index in [2.05, 4.69) is 25.7 Å². The van der Waals surface area contributed by atoms with E-state index in [1.165, 1.54) is 19.3 Å². The van der Waals surface area contributed by atoms with Crippen molar-refractivity contribution in [2.24, 2.45) is 5.92 Å². The monoisotopic (exact) mass is 268 g/mol. The number of aliphatic hydroxyl groups excluding tert-OH is 1. The van der Waals surface area contributed by atoms with E-state index in [0.717, 1.165) is 34.7 Å². The van der Waals surface area contributed by atoms with Gasteiger partial charge in [-0.05, 0) is 24.7 Å². The SMILES string of the molecule is CCCC1CCN(c2nc(C(C)C)c(CO)s2)C1. The van der Waals surface area contributed by atoms with Gasteiger partial charge < -0.3 is 10.0 Å². The number of aliphatic hydroxyl groups is 1. The number of rotatable bonds is 5. The summed E-state index contributed by atoms with van der Waals surface area (Å²) in [5, 5.41) is 10.5. The van der Waals surface area contributed by atoms with Gasteiger partial charge in [-0.1, -0.05) is 38.5 Å². The minimum Gasteiger partial charge on any atom is -0.391 e. The van der Waals surface area contributed by atoms with Crippen LogP contribution in [0.15, 0.2) is 0 Å². The van der Waals surface area contributed by atoms with Crippen LogP contribution in [0, 0.1) is 5.92 Å². The van der Waals surface area contributed by atoms with E-state index in [0.29, 0.717) is 5.92 Å². The maximum absolute atomic E-state index is 9.41. The first-order chi connectivity index (χ1) is 8.65. The molecule has 1 aliphatic rings. The molecule has 0 bridgehead atoms. The molecule has 0 spiro atoms. The second-order valence-electron chi connectivity index (χ2n) is 5.51. The molecule has 0 aromatic carbocycles. The molecule has 1 aliphatic heterocycles. The van der Waals surface area contributed by atoms with Gasteiger partial charge in [-0.25, -0.2) is 4.98 Å². The smallest absolute Gasteiger partial charge is 0.185 e. The number of hydrogen-bond donors (Lipinski definition) is 1. The maximum atomic E-state index is 9.41. The minimum absolute atomic E-state index is 0.122. The summed E-state index contributed by atoms with van der Waals surface area (Å²) in [6, 6.07) is 0. The van der Waals surface area contributed by atoms with Crippen LogP contribution in [0.2, 0.25) is 0 Å². The molecule has 4 heteroatoms. The lowest BCUT2D eigenvalue weighted by molar-refractivity contribution is 0.283. The van der Waals surface area contributed by atoms with Crippen LogP contribution in [0.5, 0.6) is 0 Å². The van der Waals surface area contributed by atoms with Crippen molar-refractivity contribution in [2.45, 2.75) is 52.6 Å². The van der Waals surface area contributed by atoms with Gasteiger partial charge >= 0.3 is 0 Å². The highest BCUT2D eigenvalue weighted by molar-refractivity contribution is 7.15. The van der Waals surface area contributed by atoms with Crippen LogP contribution in [-0.4, -0.2) is 23.2 Å². The van der Waals surface area contributed by atoms with Crippen molar-refractivity contribution in [2.75, 3.05) is 18.0 Å². The van der Waals surface area contributed by atoms with Crippen molar-refractivity contribution in [3.05, 3.63) is 10.6 Å². The highest BCUT2D eigenvalue weighted by Gasteiger charge is 2.25. The van der Waals surface area contributed by atoms with E-state index in [9.17, 15) is 5.11 Å². The van der Waals surface area contributed by atoms with Gasteiger partial charge in [0, 0.05) is 13.1 Å². The van der Waals surface area contributed by atoms with Crippen LogP contribution in [0.25, 0.3) is 0 Å². The number of thiazole rings is 1. The van der Waals surface area contributed by atoms with Crippen molar-refractivity contribution < 1.29 is 5.11 Å². The number of hydrogen-bond acceptors (Lipinski definition) is 4. The normalized spacial score (nSPS) is 20.1. The van der Waals surface area contributed by atoms with E-state index < -0.39 is 0 Å². The number of aromatic nitrogens is 1. The molecule has 1 atom stereocenters. The third kappa shape index (κ3) is 2.86. The summed E-state index contributed by atoms with van der Waals surface area (Å²) >= 11 is 1.67. The highest BCUT2D eigenvalue weighted by atomic mass is 32.1. The topological polar surface area (TPSA) is 36.4 Å². The first-order valence-corrected chi connectivity index (χ1v) is 7.82. The largest absolute Gasteiger partial charge is 0.391 e. The fourth-order valence-electron chi connectivity index (χ4n) is 2.70. The molecule has 102 valence electrons. The van der Waals surface area contributed by atoms with Gasteiger partial charge in [0.2, 0.25) is 0 Å². The molecule has 0 aliphatic carbocycles. The van der Waals surface area contributed by atoms with E-state index in [-0.39, 0.29) is 6.61 Å². The van der Waals surface area contributed by atoms with E-state index in [4.69, 9.17) is 4.98 Å². The summed E-state index contributed by atoms with van der Waals surface area (Å²) in [4.78, 5) is 8.18. The van der Waals surface area contributed by atoms with Gasteiger partial charge in [0.15, 0.2) is 5.13 Å². The first kappa shape index (κ1) is 13.8. The molecule has 0 radical (unpaired) electrons.